The summed E-state index contributed by atoms with van der Waals surface area (Å²) in [7, 11) is 1.84. The Balaban J connectivity index is 1.57. The molecule has 1 amide bonds. The van der Waals surface area contributed by atoms with Gasteiger partial charge in [0.15, 0.2) is 11.5 Å². The first-order valence-corrected chi connectivity index (χ1v) is 11.2. The van der Waals surface area contributed by atoms with Crippen molar-refractivity contribution in [1.29, 1.82) is 0 Å². The normalized spacial score (nSPS) is 15.5. The topological polar surface area (TPSA) is 60.0 Å². The van der Waals surface area contributed by atoms with Crippen molar-refractivity contribution in [3.05, 3.63) is 59.7 Å². The standard InChI is InChI=1S/C25H32F2N2O4/c1-3-32-22-15-19(9-10-21(22)33-24(26)27)16-29(2)17-23(30)28-18-25(11-13-31-14-12-25)20-7-5-4-6-8-20/h4-10,15,24H,3,11-14,16-18H2,1-2H3,(H,28,30). The molecule has 0 bridgehead atoms. The molecule has 180 valence electrons. The van der Waals surface area contributed by atoms with Gasteiger partial charge in [-0.2, -0.15) is 8.78 Å². The quantitative estimate of drug-likeness (QED) is 0.547. The number of ether oxygens (including phenoxy) is 3. The van der Waals surface area contributed by atoms with Crippen LogP contribution in [0, 0.1) is 0 Å². The van der Waals surface area contributed by atoms with Crippen molar-refractivity contribution >= 4 is 5.91 Å². The fourth-order valence-electron chi connectivity index (χ4n) is 4.17. The maximum absolute atomic E-state index is 12.7. The van der Waals surface area contributed by atoms with Gasteiger partial charge in [-0.25, -0.2) is 0 Å². The Morgan fingerprint density at radius 3 is 2.55 bits per heavy atom. The minimum absolute atomic E-state index is 0.00123. The molecule has 1 N–H and O–H groups in total. The van der Waals surface area contributed by atoms with Crippen molar-refractivity contribution in [2.24, 2.45) is 0 Å². The zero-order chi connectivity index (χ0) is 23.7. The van der Waals surface area contributed by atoms with Crippen LogP contribution >= 0.6 is 0 Å². The molecule has 1 fully saturated rings. The number of likely N-dealkylation sites (N-methyl/N-ethyl adjacent to an activating group) is 1. The van der Waals surface area contributed by atoms with Gasteiger partial charge >= 0.3 is 6.61 Å². The highest BCUT2D eigenvalue weighted by atomic mass is 19.3. The Hall–Kier alpha value is -2.71. The maximum Gasteiger partial charge on any atom is 0.387 e. The third-order valence-electron chi connectivity index (χ3n) is 5.85. The van der Waals surface area contributed by atoms with E-state index in [-0.39, 0.29) is 29.4 Å². The zero-order valence-electron chi connectivity index (χ0n) is 19.2. The van der Waals surface area contributed by atoms with Crippen LogP contribution in [0.15, 0.2) is 48.5 Å². The summed E-state index contributed by atoms with van der Waals surface area (Å²) in [5, 5.41) is 3.11. The SMILES string of the molecule is CCOc1cc(CN(C)CC(=O)NCC2(c3ccccc3)CCOCC2)ccc1OC(F)F. The number of hydrogen-bond donors (Lipinski definition) is 1. The summed E-state index contributed by atoms with van der Waals surface area (Å²) in [6.45, 7) is 1.76. The molecule has 0 saturated carbocycles. The van der Waals surface area contributed by atoms with Gasteiger partial charge in [0.25, 0.3) is 0 Å². The molecule has 1 aliphatic rings. The van der Waals surface area contributed by atoms with Crippen LogP contribution in [-0.4, -0.2) is 57.4 Å². The van der Waals surface area contributed by atoms with Crippen molar-refractivity contribution in [2.45, 2.75) is 38.3 Å². The lowest BCUT2D eigenvalue weighted by molar-refractivity contribution is -0.122. The van der Waals surface area contributed by atoms with Gasteiger partial charge in [0, 0.05) is 31.7 Å². The third kappa shape index (κ3) is 7.14. The number of nitrogens with zero attached hydrogens (tertiary/aromatic N) is 1. The van der Waals surface area contributed by atoms with Crippen molar-refractivity contribution < 1.29 is 27.8 Å². The smallest absolute Gasteiger partial charge is 0.387 e. The molecule has 0 atom stereocenters. The lowest BCUT2D eigenvalue weighted by atomic mass is 9.74. The van der Waals surface area contributed by atoms with Gasteiger partial charge < -0.3 is 19.5 Å². The summed E-state index contributed by atoms with van der Waals surface area (Å²) in [4.78, 5) is 14.6. The number of nitrogens with one attached hydrogen (secondary N) is 1. The summed E-state index contributed by atoms with van der Waals surface area (Å²) in [6.07, 6.45) is 1.72. The van der Waals surface area contributed by atoms with E-state index in [9.17, 15) is 13.6 Å². The first-order valence-electron chi connectivity index (χ1n) is 11.2. The van der Waals surface area contributed by atoms with Crippen molar-refractivity contribution in [3.8, 4) is 11.5 Å². The Labute approximate surface area is 193 Å². The number of alkyl halides is 2. The van der Waals surface area contributed by atoms with E-state index in [2.05, 4.69) is 22.2 Å². The highest BCUT2D eigenvalue weighted by Gasteiger charge is 2.34. The average molecular weight is 463 g/mol. The molecule has 8 heteroatoms. The third-order valence-corrected chi connectivity index (χ3v) is 5.85. The monoisotopic (exact) mass is 462 g/mol. The van der Waals surface area contributed by atoms with Crippen molar-refractivity contribution in [3.63, 3.8) is 0 Å². The van der Waals surface area contributed by atoms with E-state index in [1.54, 1.807) is 19.1 Å². The number of carbonyl (C=O) groups excluding carboxylic acids is 1. The lowest BCUT2D eigenvalue weighted by Crippen LogP contribution is -2.46. The molecular formula is C25H32F2N2O4. The molecule has 0 radical (unpaired) electrons. The van der Waals surface area contributed by atoms with Gasteiger partial charge in [-0.1, -0.05) is 36.4 Å². The number of hydrogen-bond acceptors (Lipinski definition) is 5. The zero-order valence-corrected chi connectivity index (χ0v) is 19.2. The molecule has 1 saturated heterocycles. The summed E-state index contributed by atoms with van der Waals surface area (Å²) >= 11 is 0. The lowest BCUT2D eigenvalue weighted by Gasteiger charge is -2.38. The second-order valence-corrected chi connectivity index (χ2v) is 8.30. The predicted octanol–water partition coefficient (Wildman–Crippen LogP) is 3.98. The van der Waals surface area contributed by atoms with Crippen molar-refractivity contribution in [2.75, 3.05) is 40.0 Å². The maximum atomic E-state index is 12.7. The van der Waals surface area contributed by atoms with Crippen LogP contribution in [0.5, 0.6) is 11.5 Å². The highest BCUT2D eigenvalue weighted by molar-refractivity contribution is 5.78. The molecule has 3 rings (SSSR count). The van der Waals surface area contributed by atoms with Crippen LogP contribution in [0.1, 0.15) is 30.9 Å². The van der Waals surface area contributed by atoms with E-state index >= 15 is 0 Å². The van der Waals surface area contributed by atoms with Gasteiger partial charge in [0.1, 0.15) is 0 Å². The molecule has 2 aromatic carbocycles. The molecular weight excluding hydrogens is 430 g/mol. The summed E-state index contributed by atoms with van der Waals surface area (Å²) in [5.74, 6) is 0.193. The Kier molecular flexibility index (Phi) is 9.03. The van der Waals surface area contributed by atoms with Crippen LogP contribution < -0.4 is 14.8 Å². The van der Waals surface area contributed by atoms with E-state index in [1.807, 2.05) is 30.1 Å². The molecule has 0 unspecified atom stereocenters. The molecule has 1 aliphatic heterocycles. The second-order valence-electron chi connectivity index (χ2n) is 8.30. The number of carbonyl (C=O) groups is 1. The Bertz CT molecular complexity index is 889. The van der Waals surface area contributed by atoms with E-state index < -0.39 is 6.61 Å². The molecule has 0 spiro atoms. The fraction of sp³-hybridized carbons (Fsp3) is 0.480. The summed E-state index contributed by atoms with van der Waals surface area (Å²) in [5.41, 5.74) is 1.93. The fourth-order valence-corrected chi connectivity index (χ4v) is 4.17. The largest absolute Gasteiger partial charge is 0.490 e. The first kappa shape index (κ1) is 24.9. The molecule has 0 aromatic heterocycles. The molecule has 1 heterocycles. The van der Waals surface area contributed by atoms with Gasteiger partial charge in [0.05, 0.1) is 13.2 Å². The van der Waals surface area contributed by atoms with Gasteiger partial charge in [0.2, 0.25) is 5.91 Å². The van der Waals surface area contributed by atoms with Crippen LogP contribution in [0.25, 0.3) is 0 Å². The molecule has 2 aromatic rings. The Morgan fingerprint density at radius 2 is 1.88 bits per heavy atom. The number of halogens is 2. The predicted molar refractivity (Wildman–Crippen MR) is 122 cm³/mol. The van der Waals surface area contributed by atoms with Crippen LogP contribution in [-0.2, 0) is 21.5 Å². The molecule has 6 nitrogen and oxygen atoms in total. The minimum Gasteiger partial charge on any atom is -0.490 e. The average Bonchev–Trinajstić information content (AvgIpc) is 2.80. The number of amides is 1. The van der Waals surface area contributed by atoms with Gasteiger partial charge in [-0.3, -0.25) is 9.69 Å². The van der Waals surface area contributed by atoms with E-state index in [0.717, 1.165) is 18.4 Å². The van der Waals surface area contributed by atoms with Crippen molar-refractivity contribution in [1.82, 2.24) is 10.2 Å². The summed E-state index contributed by atoms with van der Waals surface area (Å²) < 4.78 is 40.7. The minimum atomic E-state index is -2.92. The van der Waals surface area contributed by atoms with Crippen LogP contribution in [0.3, 0.4) is 0 Å². The molecule has 33 heavy (non-hydrogen) atoms. The first-order chi connectivity index (χ1) is 15.9. The van der Waals surface area contributed by atoms with Crippen LogP contribution in [0.4, 0.5) is 8.78 Å². The number of rotatable bonds is 11. The molecule has 0 aliphatic carbocycles. The Morgan fingerprint density at radius 1 is 1.15 bits per heavy atom. The second kappa shape index (κ2) is 12.0. The van der Waals surface area contributed by atoms with Gasteiger partial charge in [-0.05, 0) is 50.1 Å². The van der Waals surface area contributed by atoms with E-state index in [1.165, 1.54) is 11.6 Å². The number of benzene rings is 2. The van der Waals surface area contributed by atoms with E-state index in [4.69, 9.17) is 9.47 Å². The highest BCUT2D eigenvalue weighted by Crippen LogP contribution is 2.34. The van der Waals surface area contributed by atoms with Crippen LogP contribution in [0.2, 0.25) is 0 Å². The van der Waals surface area contributed by atoms with E-state index in [0.29, 0.717) is 32.9 Å². The summed E-state index contributed by atoms with van der Waals surface area (Å²) in [6, 6.07) is 15.1. The van der Waals surface area contributed by atoms with Gasteiger partial charge in [-0.15, -0.1) is 0 Å².